The van der Waals surface area contributed by atoms with Crippen LogP contribution in [-0.4, -0.2) is 35.0 Å². The van der Waals surface area contributed by atoms with Gasteiger partial charge in [-0.1, -0.05) is 6.07 Å². The molecule has 0 aliphatic carbocycles. The molecule has 1 aromatic rings. The minimum atomic E-state index is -0.997. The maximum atomic E-state index is 11.9. The van der Waals surface area contributed by atoms with Gasteiger partial charge in [0.25, 0.3) is 5.91 Å². The number of benzene rings is 1. The fourth-order valence-corrected chi connectivity index (χ4v) is 2.38. The van der Waals surface area contributed by atoms with Crippen LogP contribution in [0.2, 0.25) is 0 Å². The Morgan fingerprint density at radius 2 is 2.22 bits per heavy atom. The van der Waals surface area contributed by atoms with Gasteiger partial charge in [-0.2, -0.15) is 11.8 Å². The van der Waals surface area contributed by atoms with E-state index in [0.29, 0.717) is 17.7 Å². The molecule has 0 aliphatic rings. The fourth-order valence-electron chi connectivity index (χ4n) is 1.36. The number of carbonyl (C=O) groups excluding carboxylic acids is 1. The average molecular weight is 379 g/mol. The lowest BCUT2D eigenvalue weighted by Gasteiger charge is -2.14. The second-order valence-electron chi connectivity index (χ2n) is 3.66. The standard InChI is InChI=1S/C12H14INO3S/c1-18-6-5-10(12(16)17)14-11(15)8-3-2-4-9(13)7-8/h2-4,7,10H,5-6H2,1H3,(H,14,15)(H,16,17)/t10-/m1/s1. The molecule has 6 heteroatoms. The lowest BCUT2D eigenvalue weighted by Crippen LogP contribution is -2.41. The maximum absolute atomic E-state index is 11.9. The minimum Gasteiger partial charge on any atom is -0.480 e. The summed E-state index contributed by atoms with van der Waals surface area (Å²) in [7, 11) is 0. The summed E-state index contributed by atoms with van der Waals surface area (Å²) in [5.41, 5.74) is 0.484. The van der Waals surface area contributed by atoms with Crippen LogP contribution in [-0.2, 0) is 4.79 Å². The Morgan fingerprint density at radius 1 is 1.50 bits per heavy atom. The van der Waals surface area contributed by atoms with Crippen molar-refractivity contribution in [3.63, 3.8) is 0 Å². The van der Waals surface area contributed by atoms with Crippen LogP contribution in [0, 0.1) is 3.57 Å². The molecule has 0 bridgehead atoms. The highest BCUT2D eigenvalue weighted by Crippen LogP contribution is 2.09. The molecule has 0 aliphatic heterocycles. The smallest absolute Gasteiger partial charge is 0.326 e. The molecule has 18 heavy (non-hydrogen) atoms. The van der Waals surface area contributed by atoms with Crippen LogP contribution in [0.25, 0.3) is 0 Å². The molecule has 0 unspecified atom stereocenters. The summed E-state index contributed by atoms with van der Waals surface area (Å²) >= 11 is 3.67. The number of rotatable bonds is 6. The molecule has 1 amide bonds. The van der Waals surface area contributed by atoms with E-state index in [4.69, 9.17) is 5.11 Å². The van der Waals surface area contributed by atoms with E-state index in [1.165, 1.54) is 0 Å². The Labute approximate surface area is 124 Å². The van der Waals surface area contributed by atoms with Crippen LogP contribution in [0.1, 0.15) is 16.8 Å². The van der Waals surface area contributed by atoms with Crippen molar-refractivity contribution in [3.05, 3.63) is 33.4 Å². The number of aliphatic carboxylic acids is 1. The Morgan fingerprint density at radius 3 is 2.78 bits per heavy atom. The van der Waals surface area contributed by atoms with Gasteiger partial charge >= 0.3 is 5.97 Å². The van der Waals surface area contributed by atoms with Crippen molar-refractivity contribution in [2.45, 2.75) is 12.5 Å². The first-order valence-electron chi connectivity index (χ1n) is 5.32. The van der Waals surface area contributed by atoms with Crippen LogP contribution in [0.3, 0.4) is 0 Å². The molecular formula is C12H14INO3S. The number of carbonyl (C=O) groups is 2. The summed E-state index contributed by atoms with van der Waals surface area (Å²) in [6, 6.07) is 6.21. The molecule has 2 N–H and O–H groups in total. The van der Waals surface area contributed by atoms with Crippen molar-refractivity contribution in [2.24, 2.45) is 0 Å². The Kier molecular flexibility index (Phi) is 6.48. The van der Waals surface area contributed by atoms with Crippen molar-refractivity contribution in [3.8, 4) is 0 Å². The van der Waals surface area contributed by atoms with Gasteiger partial charge in [0, 0.05) is 9.13 Å². The fraction of sp³-hybridized carbons (Fsp3) is 0.333. The highest BCUT2D eigenvalue weighted by atomic mass is 127. The third-order valence-electron chi connectivity index (χ3n) is 2.30. The molecule has 0 saturated carbocycles. The first kappa shape index (κ1) is 15.3. The lowest BCUT2D eigenvalue weighted by atomic mass is 10.1. The largest absolute Gasteiger partial charge is 0.480 e. The molecule has 1 rings (SSSR count). The molecule has 0 radical (unpaired) electrons. The zero-order chi connectivity index (χ0) is 13.5. The first-order valence-corrected chi connectivity index (χ1v) is 7.80. The van der Waals surface area contributed by atoms with Crippen molar-refractivity contribution in [1.29, 1.82) is 0 Å². The van der Waals surface area contributed by atoms with E-state index >= 15 is 0 Å². The van der Waals surface area contributed by atoms with Gasteiger partial charge in [-0.05, 0) is 59.2 Å². The maximum Gasteiger partial charge on any atom is 0.326 e. The zero-order valence-corrected chi connectivity index (χ0v) is 12.8. The third-order valence-corrected chi connectivity index (χ3v) is 3.62. The molecule has 0 aromatic heterocycles. The van der Waals surface area contributed by atoms with Crippen molar-refractivity contribution >= 4 is 46.2 Å². The van der Waals surface area contributed by atoms with E-state index < -0.39 is 12.0 Å². The zero-order valence-electron chi connectivity index (χ0n) is 9.85. The molecule has 4 nitrogen and oxygen atoms in total. The number of nitrogens with one attached hydrogen (secondary N) is 1. The second kappa shape index (κ2) is 7.63. The molecule has 98 valence electrons. The second-order valence-corrected chi connectivity index (χ2v) is 5.89. The number of hydrogen-bond acceptors (Lipinski definition) is 3. The summed E-state index contributed by atoms with van der Waals surface area (Å²) in [5.74, 6) is -0.645. The molecule has 0 saturated heterocycles. The molecule has 1 atom stereocenters. The van der Waals surface area contributed by atoms with Gasteiger partial charge in [-0.3, -0.25) is 4.79 Å². The Hall–Kier alpha value is -0.760. The van der Waals surface area contributed by atoms with E-state index in [2.05, 4.69) is 27.9 Å². The predicted octanol–water partition coefficient (Wildman–Crippen LogP) is 2.23. The Balaban J connectivity index is 2.69. The SMILES string of the molecule is CSCC[C@@H](NC(=O)c1cccc(I)c1)C(=O)O. The van der Waals surface area contributed by atoms with Crippen LogP contribution >= 0.6 is 34.4 Å². The van der Waals surface area contributed by atoms with E-state index in [1.54, 1.807) is 30.0 Å². The van der Waals surface area contributed by atoms with E-state index in [9.17, 15) is 9.59 Å². The summed E-state index contributed by atoms with van der Waals surface area (Å²) in [6.07, 6.45) is 2.33. The average Bonchev–Trinajstić information content (AvgIpc) is 2.33. The van der Waals surface area contributed by atoms with Crippen molar-refractivity contribution in [1.82, 2.24) is 5.32 Å². The first-order chi connectivity index (χ1) is 8.54. The van der Waals surface area contributed by atoms with Crippen molar-refractivity contribution in [2.75, 3.05) is 12.0 Å². The normalized spacial score (nSPS) is 11.9. The molecular weight excluding hydrogens is 365 g/mol. The number of thioether (sulfide) groups is 1. The van der Waals surface area contributed by atoms with Gasteiger partial charge in [0.1, 0.15) is 6.04 Å². The number of carboxylic acid groups (broad SMARTS) is 1. The van der Waals surface area contributed by atoms with E-state index in [-0.39, 0.29) is 5.91 Å². The monoisotopic (exact) mass is 379 g/mol. The highest BCUT2D eigenvalue weighted by molar-refractivity contribution is 14.1. The summed E-state index contributed by atoms with van der Waals surface area (Å²) in [4.78, 5) is 22.9. The van der Waals surface area contributed by atoms with E-state index in [0.717, 1.165) is 3.57 Å². The summed E-state index contributed by atoms with van der Waals surface area (Å²) < 4.78 is 0.941. The minimum absolute atomic E-state index is 0.345. The third kappa shape index (κ3) is 4.85. The topological polar surface area (TPSA) is 66.4 Å². The molecule has 0 heterocycles. The molecule has 0 spiro atoms. The van der Waals surface area contributed by atoms with Gasteiger partial charge in [0.2, 0.25) is 0 Å². The molecule has 0 fully saturated rings. The van der Waals surface area contributed by atoms with Gasteiger partial charge in [-0.15, -0.1) is 0 Å². The molecule has 1 aromatic carbocycles. The summed E-state index contributed by atoms with van der Waals surface area (Å²) in [6.45, 7) is 0. The lowest BCUT2D eigenvalue weighted by molar-refractivity contribution is -0.139. The van der Waals surface area contributed by atoms with E-state index in [1.807, 2.05) is 12.3 Å². The van der Waals surface area contributed by atoms with Crippen LogP contribution in [0.5, 0.6) is 0 Å². The number of carboxylic acids is 1. The van der Waals surface area contributed by atoms with Crippen LogP contribution < -0.4 is 5.32 Å². The predicted molar refractivity (Wildman–Crippen MR) is 81.0 cm³/mol. The van der Waals surface area contributed by atoms with Gasteiger partial charge < -0.3 is 10.4 Å². The summed E-state index contributed by atoms with van der Waals surface area (Å²) in [5, 5.41) is 11.6. The quantitative estimate of drug-likeness (QED) is 0.744. The van der Waals surface area contributed by atoms with Gasteiger partial charge in [0.05, 0.1) is 0 Å². The number of amides is 1. The van der Waals surface area contributed by atoms with Gasteiger partial charge in [0.15, 0.2) is 0 Å². The van der Waals surface area contributed by atoms with Crippen molar-refractivity contribution < 1.29 is 14.7 Å². The Bertz CT molecular complexity index is 439. The van der Waals surface area contributed by atoms with Gasteiger partial charge in [-0.25, -0.2) is 4.79 Å². The highest BCUT2D eigenvalue weighted by Gasteiger charge is 2.20. The number of hydrogen-bond donors (Lipinski definition) is 2. The van der Waals surface area contributed by atoms with Crippen LogP contribution in [0.4, 0.5) is 0 Å². The van der Waals surface area contributed by atoms with Crippen LogP contribution in [0.15, 0.2) is 24.3 Å². The number of halogens is 1.